The number of benzene rings is 5. The molecule has 0 amide bonds. The molecular weight excluding hydrogens is 677 g/mol. The predicted molar refractivity (Wildman–Crippen MR) is 235 cm³/mol. The van der Waals surface area contributed by atoms with E-state index >= 15 is 0 Å². The lowest BCUT2D eigenvalue weighted by atomic mass is 10.0. The fourth-order valence-corrected chi connectivity index (χ4v) is 7.88. The van der Waals surface area contributed by atoms with Crippen molar-refractivity contribution in [3.63, 3.8) is 0 Å². The van der Waals surface area contributed by atoms with Crippen molar-refractivity contribution in [2.24, 2.45) is 9.98 Å². The molecule has 0 saturated heterocycles. The van der Waals surface area contributed by atoms with Crippen LogP contribution in [0.2, 0.25) is 0 Å². The molecule has 4 nitrogen and oxygen atoms in total. The van der Waals surface area contributed by atoms with Crippen molar-refractivity contribution in [2.75, 3.05) is 4.90 Å². The maximum atomic E-state index is 5.11. The van der Waals surface area contributed by atoms with E-state index in [9.17, 15) is 0 Å². The summed E-state index contributed by atoms with van der Waals surface area (Å²) in [6, 6.07) is 41.5. The number of para-hydroxylation sites is 3. The lowest BCUT2D eigenvalue weighted by molar-refractivity contribution is 1.06. The van der Waals surface area contributed by atoms with E-state index in [1.165, 1.54) is 43.0 Å². The molecule has 0 atom stereocenters. The van der Waals surface area contributed by atoms with Gasteiger partial charge in [0.2, 0.25) is 0 Å². The third-order valence-corrected chi connectivity index (χ3v) is 10.5. The smallest absolute Gasteiger partial charge is 0.0716 e. The van der Waals surface area contributed by atoms with Crippen molar-refractivity contribution in [1.29, 1.82) is 0 Å². The van der Waals surface area contributed by atoms with Gasteiger partial charge in [-0.2, -0.15) is 0 Å². The lowest BCUT2D eigenvalue weighted by Gasteiger charge is -2.33. The maximum Gasteiger partial charge on any atom is 0.0716 e. The second kappa shape index (κ2) is 16.5. The van der Waals surface area contributed by atoms with E-state index in [0.717, 1.165) is 33.8 Å². The molecule has 7 rings (SSSR count). The van der Waals surface area contributed by atoms with Crippen LogP contribution in [0.4, 0.5) is 17.1 Å². The Morgan fingerprint density at radius 2 is 1.48 bits per heavy atom. The fraction of sp³-hybridized carbons (Fsp3) is 0.0612. The number of nitrogens with zero attached hydrogens (tertiary/aromatic N) is 4. The molecule has 0 bridgehead atoms. The first-order valence-corrected chi connectivity index (χ1v) is 18.8. The van der Waals surface area contributed by atoms with Crippen molar-refractivity contribution in [3.05, 3.63) is 206 Å². The molecule has 0 saturated carbocycles. The second-order valence-corrected chi connectivity index (χ2v) is 13.8. The van der Waals surface area contributed by atoms with Gasteiger partial charge in [-0.15, -0.1) is 0 Å². The van der Waals surface area contributed by atoms with Gasteiger partial charge < -0.3 is 9.47 Å². The number of aromatic nitrogens is 1. The molecule has 0 unspecified atom stereocenters. The van der Waals surface area contributed by atoms with Crippen LogP contribution in [-0.4, -0.2) is 17.0 Å². The predicted octanol–water partition coefficient (Wildman–Crippen LogP) is 13.6. The summed E-state index contributed by atoms with van der Waals surface area (Å²) >= 11 is 1.83. The topological polar surface area (TPSA) is 32.9 Å². The largest absolute Gasteiger partial charge is 0.309 e. The monoisotopic (exact) mass is 718 g/mol. The van der Waals surface area contributed by atoms with Crippen LogP contribution in [0.1, 0.15) is 19.4 Å². The molecule has 1 aliphatic heterocycles. The molecule has 54 heavy (non-hydrogen) atoms. The Bertz CT molecular complexity index is 2560. The Hall–Kier alpha value is -6.43. The van der Waals surface area contributed by atoms with Gasteiger partial charge in [0.15, 0.2) is 0 Å². The average Bonchev–Trinajstić information content (AvgIpc) is 3.54. The molecule has 0 spiro atoms. The SMILES string of the molecule is C=C/C=C\C(=C/C)C(/C=C(N=C)/C(C=C)=C/C=C\C)=NCc1ccc(N2c3ccccc3Sc3cc4c(cc32)c2ccccc2n4-c2ccccc2)cc1. The van der Waals surface area contributed by atoms with E-state index in [1.54, 1.807) is 12.2 Å². The van der Waals surface area contributed by atoms with Crippen molar-refractivity contribution in [2.45, 2.75) is 30.2 Å². The third-order valence-electron chi connectivity index (χ3n) is 9.41. The number of allylic oxidation sites excluding steroid dienone is 10. The van der Waals surface area contributed by atoms with Gasteiger partial charge in [-0.3, -0.25) is 9.98 Å². The highest BCUT2D eigenvalue weighted by molar-refractivity contribution is 7.99. The summed E-state index contributed by atoms with van der Waals surface area (Å²) in [6.45, 7) is 16.2. The minimum Gasteiger partial charge on any atom is -0.309 e. The van der Waals surface area contributed by atoms with Crippen LogP contribution in [0.5, 0.6) is 0 Å². The number of aliphatic imine (C=N–C) groups is 2. The van der Waals surface area contributed by atoms with E-state index in [-0.39, 0.29) is 0 Å². The minimum absolute atomic E-state index is 0.487. The maximum absolute atomic E-state index is 5.11. The summed E-state index contributed by atoms with van der Waals surface area (Å²) in [5.74, 6) is 0. The molecule has 0 fully saturated rings. The molecule has 0 radical (unpaired) electrons. The summed E-state index contributed by atoms with van der Waals surface area (Å²) < 4.78 is 2.38. The molecule has 5 aromatic carbocycles. The molecule has 2 heterocycles. The molecule has 6 aromatic rings. The molecule has 0 N–H and O–H groups in total. The quantitative estimate of drug-likeness (QED) is 0.0931. The van der Waals surface area contributed by atoms with Crippen LogP contribution in [0, 0.1) is 0 Å². The highest BCUT2D eigenvalue weighted by Gasteiger charge is 2.27. The number of rotatable bonds is 12. The molecule has 1 aliphatic rings. The molecule has 0 aliphatic carbocycles. The minimum atomic E-state index is 0.487. The number of hydrogen-bond donors (Lipinski definition) is 0. The van der Waals surface area contributed by atoms with Crippen molar-refractivity contribution in [1.82, 2.24) is 4.57 Å². The van der Waals surface area contributed by atoms with Gasteiger partial charge >= 0.3 is 0 Å². The average molecular weight is 719 g/mol. The van der Waals surface area contributed by atoms with Crippen LogP contribution in [0.25, 0.3) is 27.5 Å². The van der Waals surface area contributed by atoms with Crippen LogP contribution in [0.15, 0.2) is 220 Å². The Balaban J connectivity index is 1.30. The highest BCUT2D eigenvalue weighted by Crippen LogP contribution is 2.53. The standard InChI is InChI=1S/C49H42N4S/c1-6-10-19-36(8-3)42(50-5)32-43(37(9-4)20-11-7-2)51-34-35-27-29-39(30-28-35)53-45-25-17-18-26-48(45)54-49-33-46-41(31-47(49)53)40-23-15-16-24-44(40)52(46)38-21-13-12-14-22-38/h6-33H,2-3,5,34H2,1,4H3/b10-6-,20-11-,36-19+,37-9+,42-32-,51-43?. The van der Waals surface area contributed by atoms with Gasteiger partial charge in [0.05, 0.1) is 40.4 Å². The van der Waals surface area contributed by atoms with Crippen molar-refractivity contribution < 1.29 is 0 Å². The third kappa shape index (κ3) is 7.14. The van der Waals surface area contributed by atoms with Gasteiger partial charge in [-0.1, -0.05) is 134 Å². The fourth-order valence-electron chi connectivity index (χ4n) is 6.81. The molecule has 264 valence electrons. The van der Waals surface area contributed by atoms with Crippen LogP contribution >= 0.6 is 11.8 Å². The van der Waals surface area contributed by atoms with E-state index in [2.05, 4.69) is 150 Å². The van der Waals surface area contributed by atoms with Crippen LogP contribution in [0.3, 0.4) is 0 Å². The highest BCUT2D eigenvalue weighted by atomic mass is 32.2. The number of hydrogen-bond acceptors (Lipinski definition) is 4. The zero-order valence-electron chi connectivity index (χ0n) is 30.7. The zero-order valence-corrected chi connectivity index (χ0v) is 31.5. The Morgan fingerprint density at radius 3 is 2.22 bits per heavy atom. The summed E-state index contributed by atoms with van der Waals surface area (Å²) in [6.07, 6.45) is 17.4. The summed E-state index contributed by atoms with van der Waals surface area (Å²) in [7, 11) is 0. The Labute approximate surface area is 322 Å². The zero-order chi connectivity index (χ0) is 37.4. The van der Waals surface area contributed by atoms with E-state index in [0.29, 0.717) is 12.2 Å². The Kier molecular flexibility index (Phi) is 11.0. The summed E-state index contributed by atoms with van der Waals surface area (Å²) in [5, 5.41) is 2.46. The second-order valence-electron chi connectivity index (χ2n) is 12.7. The molecular formula is C49H42N4S. The van der Waals surface area contributed by atoms with E-state index in [1.807, 2.05) is 68.1 Å². The van der Waals surface area contributed by atoms with Gasteiger partial charge in [-0.25, -0.2) is 0 Å². The summed E-state index contributed by atoms with van der Waals surface area (Å²) in [5.41, 5.74) is 11.4. The normalized spacial score (nSPS) is 13.9. The van der Waals surface area contributed by atoms with Gasteiger partial charge in [0, 0.05) is 31.9 Å². The van der Waals surface area contributed by atoms with Crippen LogP contribution in [-0.2, 0) is 6.54 Å². The van der Waals surface area contributed by atoms with Crippen molar-refractivity contribution in [3.8, 4) is 5.69 Å². The van der Waals surface area contributed by atoms with Crippen molar-refractivity contribution >= 4 is 63.1 Å². The number of anilines is 3. The summed E-state index contributed by atoms with van der Waals surface area (Å²) in [4.78, 5) is 14.3. The number of fused-ring (bicyclic) bond motifs is 5. The Morgan fingerprint density at radius 1 is 0.722 bits per heavy atom. The van der Waals surface area contributed by atoms with Gasteiger partial charge in [0.25, 0.3) is 0 Å². The van der Waals surface area contributed by atoms with E-state index in [4.69, 9.17) is 4.99 Å². The molecule has 1 aromatic heterocycles. The first-order chi connectivity index (χ1) is 26.6. The lowest BCUT2D eigenvalue weighted by Crippen LogP contribution is -2.15. The van der Waals surface area contributed by atoms with Gasteiger partial charge in [0.1, 0.15) is 0 Å². The molecule has 5 heteroatoms. The van der Waals surface area contributed by atoms with Crippen LogP contribution < -0.4 is 4.90 Å². The van der Waals surface area contributed by atoms with E-state index < -0.39 is 0 Å². The van der Waals surface area contributed by atoms with Gasteiger partial charge in [-0.05, 0) is 97.9 Å². The first kappa shape index (κ1) is 36.0. The first-order valence-electron chi connectivity index (χ1n) is 18.0.